The molecule has 10 rings (SSSR count). The SMILES string of the molecule is CC1(C)c2ccccc2-n2c3c(c4cccc1c42)C=C(N(C1=CC=CC2CCC=CC12)c1ccccc1C1C2C=CC=CC21)CC3. The van der Waals surface area contributed by atoms with Gasteiger partial charge in [0.1, 0.15) is 0 Å². The van der Waals surface area contributed by atoms with Gasteiger partial charge in [0.25, 0.3) is 0 Å². The first kappa shape index (κ1) is 26.6. The molecule has 6 aliphatic rings. The third kappa shape index (κ3) is 3.65. The van der Waals surface area contributed by atoms with E-state index in [2.05, 4.69) is 151 Å². The van der Waals surface area contributed by atoms with Crippen molar-refractivity contribution in [2.75, 3.05) is 4.90 Å². The largest absolute Gasteiger partial charge is 0.317 e. The molecule has 1 saturated carbocycles. The molecule has 0 saturated heterocycles. The number of benzene rings is 3. The van der Waals surface area contributed by atoms with E-state index in [1.165, 1.54) is 74.5 Å². The van der Waals surface area contributed by atoms with Crippen LogP contribution in [0, 0.1) is 23.7 Å². The number of anilines is 1. The quantitative estimate of drug-likeness (QED) is 0.213. The van der Waals surface area contributed by atoms with E-state index in [9.17, 15) is 0 Å². The van der Waals surface area contributed by atoms with Crippen molar-refractivity contribution in [1.29, 1.82) is 0 Å². The monoisotopic (exact) mass is 596 g/mol. The Morgan fingerprint density at radius 3 is 2.48 bits per heavy atom. The number of hydrogen-bond donors (Lipinski definition) is 0. The van der Waals surface area contributed by atoms with E-state index in [1.54, 1.807) is 0 Å². The minimum atomic E-state index is -0.0456. The molecule has 5 aliphatic carbocycles. The molecular weight excluding hydrogens is 556 g/mol. The fraction of sp³-hybridized carbons (Fsp3) is 0.273. The van der Waals surface area contributed by atoms with Crippen LogP contribution in [0.15, 0.2) is 133 Å². The smallest absolute Gasteiger partial charge is 0.0578 e. The van der Waals surface area contributed by atoms with Crippen molar-refractivity contribution in [3.8, 4) is 5.69 Å². The lowest BCUT2D eigenvalue weighted by molar-refractivity contribution is 0.465. The maximum Gasteiger partial charge on any atom is 0.0578 e. The number of nitrogens with zero attached hydrogens (tertiary/aromatic N) is 2. The Balaban J connectivity index is 1.19. The molecule has 4 unspecified atom stereocenters. The normalized spacial score (nSPS) is 27.3. The van der Waals surface area contributed by atoms with Gasteiger partial charge in [0, 0.05) is 50.7 Å². The van der Waals surface area contributed by atoms with Gasteiger partial charge in [-0.05, 0) is 90.3 Å². The summed E-state index contributed by atoms with van der Waals surface area (Å²) in [5.41, 5.74) is 14.1. The number of hydrogen-bond acceptors (Lipinski definition) is 1. The highest BCUT2D eigenvalue weighted by atomic mass is 15.2. The average molecular weight is 597 g/mol. The van der Waals surface area contributed by atoms with E-state index in [-0.39, 0.29) is 5.41 Å². The summed E-state index contributed by atoms with van der Waals surface area (Å²) in [6.45, 7) is 4.79. The number of rotatable bonds is 4. The standard InChI is InChI=1S/C44H40N2/c1-44(2)36-20-8-10-23-41(36)46-40-26-25-29(27-35(40)33-19-12-21-37(44)43(33)46)45(38-24-11-14-28-13-3-4-15-30(28)38)39-22-9-7-18-34(39)42-31-16-5-6-17-32(31)42/h4-12,14-24,27-28,30-32,42H,3,13,25-26H2,1-2H3. The summed E-state index contributed by atoms with van der Waals surface area (Å²) in [6, 6.07) is 25.4. The van der Waals surface area contributed by atoms with E-state index in [1.807, 2.05) is 0 Å². The highest BCUT2D eigenvalue weighted by molar-refractivity contribution is 5.98. The predicted octanol–water partition coefficient (Wildman–Crippen LogP) is 10.6. The second-order valence-corrected chi connectivity index (χ2v) is 14.7. The Bertz CT molecular complexity index is 2110. The number of para-hydroxylation sites is 3. The van der Waals surface area contributed by atoms with Crippen molar-refractivity contribution < 1.29 is 0 Å². The Kier molecular flexibility index (Phi) is 5.63. The van der Waals surface area contributed by atoms with Gasteiger partial charge >= 0.3 is 0 Å². The highest BCUT2D eigenvalue weighted by Gasteiger charge is 2.50. The Morgan fingerprint density at radius 2 is 1.59 bits per heavy atom. The molecule has 46 heavy (non-hydrogen) atoms. The lowest BCUT2D eigenvalue weighted by Gasteiger charge is -2.40. The molecule has 2 heterocycles. The zero-order valence-electron chi connectivity index (χ0n) is 26.7. The molecule has 0 bridgehead atoms. The van der Waals surface area contributed by atoms with Crippen molar-refractivity contribution in [3.63, 3.8) is 0 Å². The van der Waals surface area contributed by atoms with Gasteiger partial charge in [-0.2, -0.15) is 0 Å². The molecule has 226 valence electrons. The van der Waals surface area contributed by atoms with Crippen LogP contribution >= 0.6 is 0 Å². The van der Waals surface area contributed by atoms with Gasteiger partial charge in [0.05, 0.1) is 5.52 Å². The highest BCUT2D eigenvalue weighted by Crippen LogP contribution is 2.60. The maximum absolute atomic E-state index is 2.71. The molecule has 4 atom stereocenters. The third-order valence-electron chi connectivity index (χ3n) is 12.0. The molecule has 1 fully saturated rings. The maximum atomic E-state index is 2.71. The van der Waals surface area contributed by atoms with Gasteiger partial charge in [-0.3, -0.25) is 0 Å². The minimum Gasteiger partial charge on any atom is -0.317 e. The van der Waals surface area contributed by atoms with Crippen LogP contribution in [-0.2, 0) is 11.8 Å². The summed E-state index contributed by atoms with van der Waals surface area (Å²) >= 11 is 0. The molecule has 4 aromatic rings. The first-order chi connectivity index (χ1) is 22.6. The van der Waals surface area contributed by atoms with Crippen LogP contribution in [0.3, 0.4) is 0 Å². The topological polar surface area (TPSA) is 8.17 Å². The van der Waals surface area contributed by atoms with Crippen molar-refractivity contribution in [2.45, 2.75) is 50.9 Å². The molecule has 0 N–H and O–H groups in total. The minimum absolute atomic E-state index is 0.0456. The Morgan fingerprint density at radius 1 is 0.783 bits per heavy atom. The van der Waals surface area contributed by atoms with Gasteiger partial charge in [-0.15, -0.1) is 0 Å². The molecule has 2 heteroatoms. The lowest BCUT2D eigenvalue weighted by Crippen LogP contribution is -2.33. The summed E-state index contributed by atoms with van der Waals surface area (Å²) in [5, 5.41) is 1.39. The van der Waals surface area contributed by atoms with Crippen LogP contribution in [0.25, 0.3) is 22.7 Å². The van der Waals surface area contributed by atoms with Crippen molar-refractivity contribution in [3.05, 3.63) is 161 Å². The molecule has 3 aromatic carbocycles. The van der Waals surface area contributed by atoms with Crippen molar-refractivity contribution in [2.24, 2.45) is 23.7 Å². The summed E-state index contributed by atoms with van der Waals surface area (Å²) in [6.07, 6.45) is 28.5. The van der Waals surface area contributed by atoms with Crippen LogP contribution in [0.1, 0.15) is 67.0 Å². The van der Waals surface area contributed by atoms with E-state index < -0.39 is 0 Å². The third-order valence-corrected chi connectivity index (χ3v) is 12.0. The summed E-state index contributed by atoms with van der Waals surface area (Å²) < 4.78 is 2.61. The van der Waals surface area contributed by atoms with Crippen LogP contribution in [0.2, 0.25) is 0 Å². The first-order valence-electron chi connectivity index (χ1n) is 17.4. The van der Waals surface area contributed by atoms with Crippen LogP contribution < -0.4 is 4.90 Å². The zero-order chi connectivity index (χ0) is 30.6. The van der Waals surface area contributed by atoms with Crippen LogP contribution in [0.4, 0.5) is 5.69 Å². The summed E-state index contributed by atoms with van der Waals surface area (Å²) in [7, 11) is 0. The molecule has 0 amide bonds. The number of allylic oxidation sites excluding steroid dienone is 10. The molecule has 0 radical (unpaired) electrons. The molecular formula is C44H40N2. The summed E-state index contributed by atoms with van der Waals surface area (Å²) in [4.78, 5) is 2.71. The van der Waals surface area contributed by atoms with E-state index in [4.69, 9.17) is 0 Å². The van der Waals surface area contributed by atoms with E-state index >= 15 is 0 Å². The second-order valence-electron chi connectivity index (χ2n) is 14.7. The van der Waals surface area contributed by atoms with Gasteiger partial charge in [0.15, 0.2) is 0 Å². The Labute approximate surface area is 272 Å². The van der Waals surface area contributed by atoms with Crippen LogP contribution in [0.5, 0.6) is 0 Å². The summed E-state index contributed by atoms with van der Waals surface area (Å²) in [5.74, 6) is 2.74. The van der Waals surface area contributed by atoms with Gasteiger partial charge in [-0.25, -0.2) is 0 Å². The Hall–Kier alpha value is -4.56. The lowest BCUT2D eigenvalue weighted by atomic mass is 9.75. The fourth-order valence-corrected chi connectivity index (χ4v) is 9.70. The van der Waals surface area contributed by atoms with Gasteiger partial charge in [0.2, 0.25) is 0 Å². The van der Waals surface area contributed by atoms with Gasteiger partial charge < -0.3 is 9.47 Å². The van der Waals surface area contributed by atoms with E-state index in [0.717, 1.165) is 12.8 Å². The molecule has 1 aliphatic heterocycles. The van der Waals surface area contributed by atoms with Gasteiger partial charge in [-0.1, -0.05) is 117 Å². The van der Waals surface area contributed by atoms with E-state index in [0.29, 0.717) is 29.6 Å². The predicted molar refractivity (Wildman–Crippen MR) is 191 cm³/mol. The number of fused-ring (bicyclic) bond motifs is 7. The molecule has 1 aromatic heterocycles. The number of aromatic nitrogens is 1. The van der Waals surface area contributed by atoms with Crippen molar-refractivity contribution >= 4 is 22.7 Å². The fourth-order valence-electron chi connectivity index (χ4n) is 9.70. The molecule has 0 spiro atoms. The van der Waals surface area contributed by atoms with Crippen molar-refractivity contribution in [1.82, 2.24) is 4.57 Å². The van der Waals surface area contributed by atoms with Crippen LogP contribution in [-0.4, -0.2) is 4.57 Å². The zero-order valence-corrected chi connectivity index (χ0v) is 26.7. The average Bonchev–Trinajstić information content (AvgIpc) is 3.74. The molecule has 2 nitrogen and oxygen atoms in total. The first-order valence-corrected chi connectivity index (χ1v) is 17.4. The second kappa shape index (κ2) is 9.72.